The van der Waals surface area contributed by atoms with Crippen molar-refractivity contribution in [3.05, 3.63) is 77.9 Å². The molecule has 2 aliphatic carbocycles. The number of benzene rings is 2. The largest absolute Gasteiger partial charge is 0.462 e. The van der Waals surface area contributed by atoms with Crippen LogP contribution < -0.4 is 0 Å². The standard InChI is InChI=1S/C33H38O7/c1-21-16-18-26(37-22(2)34)32(5)27(38-30(36)24-14-10-7-11-15-24)20-25-29(33(21,32)40-31(25,3)4)39-28(35)19-17-23-12-8-6-9-13-23/h6-15,17,19,21,25-27,29H,16,18,20H2,1-5H3/t21-,25-,26+,27+,29-,32+,33-/m1/s1. The second kappa shape index (κ2) is 10.5. The van der Waals surface area contributed by atoms with Gasteiger partial charge >= 0.3 is 17.9 Å². The minimum absolute atomic E-state index is 0.0669. The van der Waals surface area contributed by atoms with Gasteiger partial charge in [-0.15, -0.1) is 0 Å². The van der Waals surface area contributed by atoms with E-state index >= 15 is 0 Å². The van der Waals surface area contributed by atoms with E-state index in [4.69, 9.17) is 18.9 Å². The molecule has 0 aromatic heterocycles. The highest BCUT2D eigenvalue weighted by Gasteiger charge is 2.79. The van der Waals surface area contributed by atoms with Gasteiger partial charge < -0.3 is 18.9 Å². The summed E-state index contributed by atoms with van der Waals surface area (Å²) in [6, 6.07) is 18.4. The topological polar surface area (TPSA) is 88.1 Å². The number of carbonyl (C=O) groups excluding carboxylic acids is 3. The zero-order valence-electron chi connectivity index (χ0n) is 23.8. The highest BCUT2D eigenvalue weighted by atomic mass is 16.6. The summed E-state index contributed by atoms with van der Waals surface area (Å²) >= 11 is 0. The molecule has 2 saturated carbocycles. The molecule has 0 amide bonds. The van der Waals surface area contributed by atoms with Crippen LogP contribution in [0.15, 0.2) is 66.7 Å². The van der Waals surface area contributed by atoms with Crippen molar-refractivity contribution in [1.29, 1.82) is 0 Å². The molecule has 7 atom stereocenters. The van der Waals surface area contributed by atoms with Gasteiger partial charge in [-0.2, -0.15) is 0 Å². The molecule has 7 nitrogen and oxygen atoms in total. The molecule has 7 heteroatoms. The van der Waals surface area contributed by atoms with E-state index in [0.29, 0.717) is 24.8 Å². The smallest absolute Gasteiger partial charge is 0.338 e. The van der Waals surface area contributed by atoms with Crippen LogP contribution in [0, 0.1) is 17.3 Å². The van der Waals surface area contributed by atoms with Crippen LogP contribution >= 0.6 is 0 Å². The molecule has 40 heavy (non-hydrogen) atoms. The second-order valence-electron chi connectivity index (χ2n) is 12.1. The summed E-state index contributed by atoms with van der Waals surface area (Å²) in [5.74, 6) is -1.64. The van der Waals surface area contributed by atoms with Gasteiger partial charge in [-0.05, 0) is 69.7 Å². The lowest BCUT2D eigenvalue weighted by Crippen LogP contribution is -2.73. The maximum Gasteiger partial charge on any atom is 0.338 e. The molecular weight excluding hydrogens is 508 g/mol. The SMILES string of the molecule is CC(=O)O[C@H]1CC[C@@H](C)[C@]23OC(C)(C)[C@H](C[C@H](OC(=O)c4ccccc4)[C@]12C)[C@H]3OC(=O)C=Cc1ccccc1. The van der Waals surface area contributed by atoms with Gasteiger partial charge in [-0.1, -0.05) is 55.5 Å². The molecule has 3 aliphatic rings. The monoisotopic (exact) mass is 546 g/mol. The zero-order chi connectivity index (χ0) is 28.7. The van der Waals surface area contributed by atoms with E-state index in [0.717, 1.165) is 5.56 Å². The summed E-state index contributed by atoms with van der Waals surface area (Å²) in [6.45, 7) is 9.43. The van der Waals surface area contributed by atoms with Crippen molar-refractivity contribution in [1.82, 2.24) is 0 Å². The molecule has 0 unspecified atom stereocenters. The summed E-state index contributed by atoms with van der Waals surface area (Å²) in [5, 5.41) is 0. The molecule has 1 spiro atoms. The van der Waals surface area contributed by atoms with Crippen molar-refractivity contribution < 1.29 is 33.3 Å². The van der Waals surface area contributed by atoms with E-state index < -0.39 is 52.8 Å². The molecule has 212 valence electrons. The van der Waals surface area contributed by atoms with Crippen molar-refractivity contribution in [2.24, 2.45) is 17.3 Å². The van der Waals surface area contributed by atoms with Gasteiger partial charge in [0.05, 0.1) is 16.6 Å². The van der Waals surface area contributed by atoms with Crippen molar-refractivity contribution in [3.8, 4) is 0 Å². The van der Waals surface area contributed by atoms with E-state index in [9.17, 15) is 14.4 Å². The van der Waals surface area contributed by atoms with E-state index in [1.54, 1.807) is 30.3 Å². The molecule has 2 bridgehead atoms. The Morgan fingerprint density at radius 2 is 1.52 bits per heavy atom. The van der Waals surface area contributed by atoms with Gasteiger partial charge in [0.25, 0.3) is 0 Å². The Morgan fingerprint density at radius 3 is 2.17 bits per heavy atom. The lowest BCUT2D eigenvalue weighted by atomic mass is 9.49. The summed E-state index contributed by atoms with van der Waals surface area (Å²) < 4.78 is 25.5. The number of rotatable bonds is 6. The molecule has 3 fully saturated rings. The summed E-state index contributed by atoms with van der Waals surface area (Å²) in [7, 11) is 0. The van der Waals surface area contributed by atoms with E-state index in [1.165, 1.54) is 13.0 Å². The number of carbonyl (C=O) groups is 3. The van der Waals surface area contributed by atoms with Gasteiger partial charge in [-0.25, -0.2) is 9.59 Å². The first-order chi connectivity index (χ1) is 19.0. The number of hydrogen-bond donors (Lipinski definition) is 0. The Labute approximate surface area is 235 Å². The molecule has 0 radical (unpaired) electrons. The highest BCUT2D eigenvalue weighted by Crippen LogP contribution is 2.67. The average Bonchev–Trinajstić information content (AvgIpc) is 3.10. The van der Waals surface area contributed by atoms with Gasteiger partial charge in [0.2, 0.25) is 0 Å². The third-order valence-electron chi connectivity index (χ3n) is 9.38. The fourth-order valence-electron chi connectivity index (χ4n) is 7.46. The average molecular weight is 547 g/mol. The quantitative estimate of drug-likeness (QED) is 0.258. The van der Waals surface area contributed by atoms with Crippen LogP contribution in [-0.2, 0) is 28.5 Å². The second-order valence-corrected chi connectivity index (χ2v) is 12.1. The zero-order valence-corrected chi connectivity index (χ0v) is 23.8. The van der Waals surface area contributed by atoms with Gasteiger partial charge in [0, 0.05) is 18.9 Å². The number of fused-ring (bicyclic) bond motifs is 1. The minimum atomic E-state index is -1.05. The van der Waals surface area contributed by atoms with Crippen LogP contribution in [0.3, 0.4) is 0 Å². The highest BCUT2D eigenvalue weighted by molar-refractivity contribution is 5.89. The maximum absolute atomic E-state index is 13.3. The Bertz CT molecular complexity index is 1290. The maximum atomic E-state index is 13.3. The first kappa shape index (κ1) is 28.1. The van der Waals surface area contributed by atoms with Gasteiger partial charge in [-0.3, -0.25) is 4.79 Å². The van der Waals surface area contributed by atoms with Crippen LogP contribution in [0.4, 0.5) is 0 Å². The van der Waals surface area contributed by atoms with E-state index in [-0.39, 0.29) is 11.8 Å². The molecule has 5 rings (SSSR count). The Balaban J connectivity index is 1.55. The third kappa shape index (κ3) is 4.64. The lowest BCUT2D eigenvalue weighted by molar-refractivity contribution is -0.285. The summed E-state index contributed by atoms with van der Waals surface area (Å²) in [5.41, 5.74) is -1.37. The van der Waals surface area contributed by atoms with E-state index in [2.05, 4.69) is 6.92 Å². The Morgan fingerprint density at radius 1 is 0.875 bits per heavy atom. The van der Waals surface area contributed by atoms with Crippen LogP contribution in [0.5, 0.6) is 0 Å². The van der Waals surface area contributed by atoms with Crippen molar-refractivity contribution >= 4 is 24.0 Å². The normalized spacial score (nSPS) is 34.1. The molecule has 1 aliphatic heterocycles. The summed E-state index contributed by atoms with van der Waals surface area (Å²) in [4.78, 5) is 38.9. The van der Waals surface area contributed by atoms with Crippen LogP contribution in [0.1, 0.15) is 69.8 Å². The fourth-order valence-corrected chi connectivity index (χ4v) is 7.46. The van der Waals surface area contributed by atoms with E-state index in [1.807, 2.05) is 57.2 Å². The first-order valence-corrected chi connectivity index (χ1v) is 14.1. The predicted octanol–water partition coefficient (Wildman–Crippen LogP) is 5.77. The van der Waals surface area contributed by atoms with Gasteiger partial charge in [0.15, 0.2) is 0 Å². The molecule has 1 saturated heterocycles. The Kier molecular flexibility index (Phi) is 7.38. The Hall–Kier alpha value is -3.45. The first-order valence-electron chi connectivity index (χ1n) is 14.1. The van der Waals surface area contributed by atoms with Crippen LogP contribution in [0.25, 0.3) is 6.08 Å². The van der Waals surface area contributed by atoms with Crippen LogP contribution in [-0.4, -0.2) is 47.4 Å². The fraction of sp³-hybridized carbons (Fsp3) is 0.485. The minimum Gasteiger partial charge on any atom is -0.462 e. The molecule has 2 aromatic carbocycles. The predicted molar refractivity (Wildman–Crippen MR) is 149 cm³/mol. The number of esters is 3. The molecule has 0 N–H and O–H groups in total. The van der Waals surface area contributed by atoms with Crippen LogP contribution in [0.2, 0.25) is 0 Å². The molecule has 2 aromatic rings. The number of hydrogen-bond acceptors (Lipinski definition) is 7. The van der Waals surface area contributed by atoms with Crippen molar-refractivity contribution in [2.45, 2.75) is 83.4 Å². The molecule has 1 heterocycles. The summed E-state index contributed by atoms with van der Waals surface area (Å²) in [6.07, 6.45) is 3.00. The van der Waals surface area contributed by atoms with Crippen molar-refractivity contribution in [2.75, 3.05) is 0 Å². The molecular formula is C33H38O7. The van der Waals surface area contributed by atoms with Gasteiger partial charge in [0.1, 0.15) is 23.9 Å². The number of ether oxygens (including phenoxy) is 4. The third-order valence-corrected chi connectivity index (χ3v) is 9.38. The van der Waals surface area contributed by atoms with Crippen molar-refractivity contribution in [3.63, 3.8) is 0 Å². The lowest BCUT2D eigenvalue weighted by Gasteiger charge is -2.61.